The van der Waals surface area contributed by atoms with Crippen LogP contribution in [0.2, 0.25) is 0 Å². The molecule has 2 atom stereocenters. The maximum atomic E-state index is 10.8. The second-order valence-electron chi connectivity index (χ2n) is 3.30. The van der Waals surface area contributed by atoms with Crippen LogP contribution in [-0.2, 0) is 14.3 Å². The van der Waals surface area contributed by atoms with E-state index in [0.29, 0.717) is 6.04 Å². The van der Waals surface area contributed by atoms with Gasteiger partial charge in [0.25, 0.3) is 10.1 Å². The van der Waals surface area contributed by atoms with E-state index < -0.39 is 10.1 Å². The molecule has 0 aromatic heterocycles. The lowest BCUT2D eigenvalue weighted by Gasteiger charge is -2.26. The van der Waals surface area contributed by atoms with Crippen molar-refractivity contribution in [3.63, 3.8) is 0 Å². The number of piperidine rings is 1. The van der Waals surface area contributed by atoms with E-state index in [1.165, 1.54) is 0 Å². The van der Waals surface area contributed by atoms with Crippen molar-refractivity contribution >= 4 is 10.1 Å². The highest BCUT2D eigenvalue weighted by molar-refractivity contribution is 7.86. The first-order valence-electron chi connectivity index (χ1n) is 4.09. The van der Waals surface area contributed by atoms with Crippen LogP contribution in [0.4, 0.5) is 0 Å². The molecule has 12 heavy (non-hydrogen) atoms. The minimum absolute atomic E-state index is 0.128. The molecule has 1 N–H and O–H groups in total. The fourth-order valence-electron chi connectivity index (χ4n) is 1.42. The summed E-state index contributed by atoms with van der Waals surface area (Å²) in [5, 5.41) is 3.22. The highest BCUT2D eigenvalue weighted by Crippen LogP contribution is 2.13. The predicted octanol–water partition coefficient (Wildman–Crippen LogP) is 0.103. The van der Waals surface area contributed by atoms with E-state index in [1.807, 2.05) is 6.92 Å². The molecule has 0 aliphatic carbocycles. The first kappa shape index (κ1) is 9.95. The van der Waals surface area contributed by atoms with Crippen molar-refractivity contribution in [2.75, 3.05) is 12.8 Å². The van der Waals surface area contributed by atoms with Gasteiger partial charge in [0.2, 0.25) is 0 Å². The van der Waals surface area contributed by atoms with Crippen LogP contribution in [0.3, 0.4) is 0 Å². The molecule has 0 spiro atoms. The van der Waals surface area contributed by atoms with Gasteiger partial charge in [-0.1, -0.05) is 0 Å². The summed E-state index contributed by atoms with van der Waals surface area (Å²) in [4.78, 5) is 0. The summed E-state index contributed by atoms with van der Waals surface area (Å²) in [5.74, 6) is 0. The molecule has 1 saturated heterocycles. The highest BCUT2D eigenvalue weighted by Gasteiger charge is 2.21. The zero-order chi connectivity index (χ0) is 9.19. The Labute approximate surface area is 73.4 Å². The molecule has 0 aromatic rings. The largest absolute Gasteiger partial charge is 0.314 e. The lowest BCUT2D eigenvalue weighted by Crippen LogP contribution is -2.39. The van der Waals surface area contributed by atoms with Crippen LogP contribution in [-0.4, -0.2) is 33.4 Å². The summed E-state index contributed by atoms with van der Waals surface area (Å²) < 4.78 is 26.4. The van der Waals surface area contributed by atoms with Crippen molar-refractivity contribution in [3.05, 3.63) is 0 Å². The van der Waals surface area contributed by atoms with E-state index in [0.717, 1.165) is 25.6 Å². The Hall–Kier alpha value is -0.130. The van der Waals surface area contributed by atoms with Crippen molar-refractivity contribution in [1.29, 1.82) is 0 Å². The molecular formula is C7H15NO3S. The van der Waals surface area contributed by atoms with Gasteiger partial charge in [-0.25, -0.2) is 0 Å². The molecule has 0 aromatic carbocycles. The summed E-state index contributed by atoms with van der Waals surface area (Å²) in [7, 11) is -3.27. The normalized spacial score (nSPS) is 31.8. The van der Waals surface area contributed by atoms with Crippen LogP contribution < -0.4 is 5.32 Å². The monoisotopic (exact) mass is 193 g/mol. The van der Waals surface area contributed by atoms with Crippen molar-refractivity contribution in [1.82, 2.24) is 5.32 Å². The van der Waals surface area contributed by atoms with E-state index in [2.05, 4.69) is 5.32 Å². The number of rotatable bonds is 2. The molecule has 5 heteroatoms. The fourth-order valence-corrected chi connectivity index (χ4v) is 2.09. The minimum Gasteiger partial charge on any atom is -0.314 e. The van der Waals surface area contributed by atoms with Gasteiger partial charge in [0.15, 0.2) is 0 Å². The third-order valence-electron chi connectivity index (χ3n) is 1.89. The van der Waals surface area contributed by atoms with Crippen LogP contribution >= 0.6 is 0 Å². The molecule has 1 fully saturated rings. The maximum absolute atomic E-state index is 10.8. The predicted molar refractivity (Wildman–Crippen MR) is 46.4 cm³/mol. The SMILES string of the molecule is C[C@H]1C[C@H](OS(C)(=O)=O)CCN1. The van der Waals surface area contributed by atoms with Crippen molar-refractivity contribution in [3.8, 4) is 0 Å². The first-order chi connectivity index (χ1) is 5.47. The summed E-state index contributed by atoms with van der Waals surface area (Å²) in [6.07, 6.45) is 2.51. The number of hydrogen-bond donors (Lipinski definition) is 1. The lowest BCUT2D eigenvalue weighted by molar-refractivity contribution is 0.152. The van der Waals surface area contributed by atoms with Gasteiger partial charge in [0.05, 0.1) is 12.4 Å². The number of hydrogen-bond acceptors (Lipinski definition) is 4. The van der Waals surface area contributed by atoms with Crippen molar-refractivity contribution in [2.45, 2.75) is 31.9 Å². The molecule has 1 rings (SSSR count). The highest BCUT2D eigenvalue weighted by atomic mass is 32.2. The van der Waals surface area contributed by atoms with E-state index in [4.69, 9.17) is 4.18 Å². The zero-order valence-corrected chi connectivity index (χ0v) is 8.23. The van der Waals surface area contributed by atoms with Crippen molar-refractivity contribution in [2.24, 2.45) is 0 Å². The topological polar surface area (TPSA) is 55.4 Å². The van der Waals surface area contributed by atoms with Gasteiger partial charge >= 0.3 is 0 Å². The molecule has 72 valence electrons. The Morgan fingerprint density at radius 3 is 2.67 bits per heavy atom. The third kappa shape index (κ3) is 3.51. The average Bonchev–Trinajstić information content (AvgIpc) is 1.82. The van der Waals surface area contributed by atoms with Gasteiger partial charge in [-0.05, 0) is 26.3 Å². The maximum Gasteiger partial charge on any atom is 0.264 e. The van der Waals surface area contributed by atoms with Crippen LogP contribution in [0.5, 0.6) is 0 Å². The van der Waals surface area contributed by atoms with Crippen LogP contribution in [0, 0.1) is 0 Å². The van der Waals surface area contributed by atoms with E-state index in [9.17, 15) is 8.42 Å². The summed E-state index contributed by atoms with van der Waals surface area (Å²) in [6.45, 7) is 2.86. The molecule has 0 bridgehead atoms. The zero-order valence-electron chi connectivity index (χ0n) is 7.41. The second kappa shape index (κ2) is 3.72. The quantitative estimate of drug-likeness (QED) is 0.632. The molecule has 1 aliphatic heterocycles. The van der Waals surface area contributed by atoms with Gasteiger partial charge in [0.1, 0.15) is 0 Å². The van der Waals surface area contributed by atoms with Gasteiger partial charge in [-0.3, -0.25) is 4.18 Å². The Morgan fingerprint density at radius 2 is 2.17 bits per heavy atom. The van der Waals surface area contributed by atoms with Gasteiger partial charge in [0, 0.05) is 6.04 Å². The molecule has 0 unspecified atom stereocenters. The van der Waals surface area contributed by atoms with E-state index >= 15 is 0 Å². The fraction of sp³-hybridized carbons (Fsp3) is 1.00. The van der Waals surface area contributed by atoms with E-state index in [-0.39, 0.29) is 6.10 Å². The second-order valence-corrected chi connectivity index (χ2v) is 4.90. The molecule has 1 aliphatic rings. The molecule has 4 nitrogen and oxygen atoms in total. The van der Waals surface area contributed by atoms with Crippen LogP contribution in [0.25, 0.3) is 0 Å². The smallest absolute Gasteiger partial charge is 0.264 e. The summed E-state index contributed by atoms with van der Waals surface area (Å²) >= 11 is 0. The van der Waals surface area contributed by atoms with Crippen molar-refractivity contribution < 1.29 is 12.6 Å². The minimum atomic E-state index is -3.27. The number of nitrogens with one attached hydrogen (secondary N) is 1. The molecular weight excluding hydrogens is 178 g/mol. The average molecular weight is 193 g/mol. The van der Waals surface area contributed by atoms with Crippen LogP contribution in [0.1, 0.15) is 19.8 Å². The Morgan fingerprint density at radius 1 is 1.50 bits per heavy atom. The van der Waals surface area contributed by atoms with Gasteiger partial charge < -0.3 is 5.32 Å². The Bertz CT molecular complexity index is 237. The molecule has 1 heterocycles. The summed E-state index contributed by atoms with van der Waals surface area (Å²) in [6, 6.07) is 0.352. The third-order valence-corrected chi connectivity index (χ3v) is 2.51. The molecule has 0 amide bonds. The Balaban J connectivity index is 2.43. The van der Waals surface area contributed by atoms with E-state index in [1.54, 1.807) is 0 Å². The molecule has 0 radical (unpaired) electrons. The first-order valence-corrected chi connectivity index (χ1v) is 5.90. The lowest BCUT2D eigenvalue weighted by atomic mass is 10.0. The molecule has 0 saturated carbocycles. The standard InChI is InChI=1S/C7H15NO3S/c1-6-5-7(3-4-8-6)11-12(2,9)10/h6-8H,3-5H2,1-2H3/t6-,7+/m0/s1. The van der Waals surface area contributed by atoms with Gasteiger partial charge in [-0.15, -0.1) is 0 Å². The van der Waals surface area contributed by atoms with Gasteiger partial charge in [-0.2, -0.15) is 8.42 Å². The summed E-state index contributed by atoms with van der Waals surface area (Å²) in [5.41, 5.74) is 0. The Kier molecular flexibility index (Phi) is 3.09. The van der Waals surface area contributed by atoms with Crippen LogP contribution in [0.15, 0.2) is 0 Å².